The topological polar surface area (TPSA) is 86.7 Å². The molecule has 4 nitrogen and oxygen atoms in total. The van der Waals surface area contributed by atoms with Crippen LogP contribution in [0.3, 0.4) is 0 Å². The van der Waals surface area contributed by atoms with E-state index in [-0.39, 0.29) is 34.8 Å². The van der Waals surface area contributed by atoms with Crippen LogP contribution in [0.25, 0.3) is 0 Å². The van der Waals surface area contributed by atoms with Crippen LogP contribution in [0.4, 0.5) is 4.39 Å². The van der Waals surface area contributed by atoms with E-state index < -0.39 is 29.8 Å². The number of aliphatic hydroxyl groups excluding tert-OH is 3. The van der Waals surface area contributed by atoms with Gasteiger partial charge in [0.1, 0.15) is 11.9 Å². The van der Waals surface area contributed by atoms with Crippen molar-refractivity contribution in [2.45, 2.75) is 57.5 Å². The largest absolute Gasteiger partial charge is 0.508 e. The van der Waals surface area contributed by atoms with Crippen molar-refractivity contribution in [3.8, 4) is 0 Å². The molecule has 5 N–H and O–H groups in total. The van der Waals surface area contributed by atoms with Crippen LogP contribution < -0.4 is 5.73 Å². The average molecular weight is 337 g/mol. The van der Waals surface area contributed by atoms with Crippen molar-refractivity contribution in [2.24, 2.45) is 40.2 Å². The molecule has 0 saturated heterocycles. The van der Waals surface area contributed by atoms with Gasteiger partial charge >= 0.3 is 0 Å². The Labute approximate surface area is 142 Å². The molecule has 0 aromatic rings. The summed E-state index contributed by atoms with van der Waals surface area (Å²) in [6.07, 6.45) is 4.50. The zero-order valence-corrected chi connectivity index (χ0v) is 14.3. The molecule has 0 heterocycles. The van der Waals surface area contributed by atoms with Gasteiger partial charge in [0.25, 0.3) is 0 Å². The Balaban J connectivity index is 1.78. The van der Waals surface area contributed by atoms with Crippen molar-refractivity contribution >= 4 is 0 Å². The van der Waals surface area contributed by atoms with E-state index in [0.29, 0.717) is 19.3 Å². The number of rotatable bonds is 0. The molecular formula is C19H28FNO3. The molecule has 134 valence electrons. The van der Waals surface area contributed by atoms with Gasteiger partial charge in [0, 0.05) is 6.04 Å². The minimum atomic E-state index is -1.07. The Morgan fingerprint density at radius 2 is 1.92 bits per heavy atom. The number of fused-ring (bicyclic) bond motifs is 5. The van der Waals surface area contributed by atoms with Crippen molar-refractivity contribution in [3.63, 3.8) is 0 Å². The van der Waals surface area contributed by atoms with Gasteiger partial charge in [-0.1, -0.05) is 19.9 Å². The molecular weight excluding hydrogens is 309 g/mol. The van der Waals surface area contributed by atoms with E-state index in [2.05, 4.69) is 6.92 Å². The summed E-state index contributed by atoms with van der Waals surface area (Å²) in [6.45, 7) is 4.07. The summed E-state index contributed by atoms with van der Waals surface area (Å²) in [6, 6.07) is -0.582. The van der Waals surface area contributed by atoms with Crippen LogP contribution in [-0.2, 0) is 0 Å². The fraction of sp³-hybridized carbons (Fsp3) is 0.789. The summed E-state index contributed by atoms with van der Waals surface area (Å²) in [5, 5.41) is 31.7. The van der Waals surface area contributed by atoms with Crippen LogP contribution in [0, 0.1) is 34.5 Å². The Kier molecular flexibility index (Phi) is 3.49. The van der Waals surface area contributed by atoms with E-state index in [1.165, 1.54) is 0 Å². The highest BCUT2D eigenvalue weighted by Crippen LogP contribution is 2.64. The number of aliphatic hydroxyl groups is 3. The maximum atomic E-state index is 14.4. The first-order chi connectivity index (χ1) is 11.2. The second-order valence-electron chi connectivity index (χ2n) is 8.96. The maximum Gasteiger partial charge on any atom is 0.116 e. The molecule has 0 aromatic heterocycles. The first-order valence-corrected chi connectivity index (χ1v) is 9.04. The fourth-order valence-corrected chi connectivity index (χ4v) is 6.55. The molecule has 4 aliphatic rings. The predicted octanol–water partition coefficient (Wildman–Crippen LogP) is 2.07. The number of hydrogen-bond donors (Lipinski definition) is 4. The lowest BCUT2D eigenvalue weighted by molar-refractivity contribution is -0.173. The standard InChI is InChI=1S/C19H28FNO3/c1-18-4-3-10(22)5-9(18)6-13(23)15-11-7-12(20)17(21)19(11,2)8-14(24)16(15)18/h3-5,9,11-17,22-24H,6-8,21H2,1-2H3/t9?,11-,12?,13?,14?,15+,16+,17?,18-,19-/m0/s1. The molecule has 10 atom stereocenters. The van der Waals surface area contributed by atoms with Gasteiger partial charge in [-0.15, -0.1) is 0 Å². The number of alkyl halides is 1. The van der Waals surface area contributed by atoms with Gasteiger partial charge in [0.15, 0.2) is 0 Å². The van der Waals surface area contributed by atoms with Crippen molar-refractivity contribution in [2.75, 3.05) is 0 Å². The summed E-state index contributed by atoms with van der Waals surface area (Å²) in [5.74, 6) is -0.136. The molecule has 0 radical (unpaired) electrons. The van der Waals surface area contributed by atoms with Crippen LogP contribution in [0.2, 0.25) is 0 Å². The molecule has 5 heteroatoms. The van der Waals surface area contributed by atoms with Gasteiger partial charge in [0.2, 0.25) is 0 Å². The second-order valence-corrected chi connectivity index (χ2v) is 8.96. The van der Waals surface area contributed by atoms with E-state index in [1.807, 2.05) is 13.0 Å². The zero-order chi connectivity index (χ0) is 17.4. The van der Waals surface area contributed by atoms with Gasteiger partial charge < -0.3 is 21.1 Å². The number of allylic oxidation sites excluding steroid dienone is 3. The summed E-state index contributed by atoms with van der Waals surface area (Å²) in [4.78, 5) is 0. The smallest absolute Gasteiger partial charge is 0.116 e. The Morgan fingerprint density at radius 3 is 2.62 bits per heavy atom. The fourth-order valence-electron chi connectivity index (χ4n) is 6.55. The monoisotopic (exact) mass is 337 g/mol. The minimum absolute atomic E-state index is 0.0171. The van der Waals surface area contributed by atoms with Crippen molar-refractivity contribution in [1.82, 2.24) is 0 Å². The van der Waals surface area contributed by atoms with Gasteiger partial charge in [0.05, 0.1) is 12.2 Å². The second kappa shape index (κ2) is 5.05. The first-order valence-electron chi connectivity index (χ1n) is 9.04. The SMILES string of the molecule is C[C@]12C=CC(O)=CC1CC(O)[C@@H]1[C@H]2C(O)C[C@]2(C)C(N)C(F)C[C@@H]12. The van der Waals surface area contributed by atoms with E-state index in [4.69, 9.17) is 5.73 Å². The first kappa shape index (κ1) is 16.6. The van der Waals surface area contributed by atoms with Gasteiger partial charge in [-0.25, -0.2) is 4.39 Å². The van der Waals surface area contributed by atoms with Crippen molar-refractivity contribution < 1.29 is 19.7 Å². The van der Waals surface area contributed by atoms with Crippen molar-refractivity contribution in [1.29, 1.82) is 0 Å². The third-order valence-corrected chi connectivity index (χ3v) is 7.86. The third kappa shape index (κ3) is 1.95. The summed E-state index contributed by atoms with van der Waals surface area (Å²) < 4.78 is 14.4. The van der Waals surface area contributed by atoms with Crippen LogP contribution >= 0.6 is 0 Å². The Hall–Kier alpha value is -0.910. The quantitative estimate of drug-likeness (QED) is 0.545. The van der Waals surface area contributed by atoms with Crippen LogP contribution in [-0.4, -0.2) is 39.7 Å². The number of hydrogen-bond acceptors (Lipinski definition) is 4. The molecule has 5 unspecified atom stereocenters. The van der Waals surface area contributed by atoms with Crippen LogP contribution in [0.5, 0.6) is 0 Å². The minimum Gasteiger partial charge on any atom is -0.508 e. The van der Waals surface area contributed by atoms with E-state index in [1.54, 1.807) is 12.2 Å². The van der Waals surface area contributed by atoms with E-state index in [9.17, 15) is 19.7 Å². The summed E-state index contributed by atoms with van der Waals surface area (Å²) in [5.41, 5.74) is 5.35. The Morgan fingerprint density at radius 1 is 1.21 bits per heavy atom. The molecule has 3 fully saturated rings. The van der Waals surface area contributed by atoms with E-state index in [0.717, 1.165) is 0 Å². The lowest BCUT2D eigenvalue weighted by Crippen LogP contribution is -2.62. The molecule has 0 bridgehead atoms. The van der Waals surface area contributed by atoms with Crippen LogP contribution in [0.15, 0.2) is 24.0 Å². The predicted molar refractivity (Wildman–Crippen MR) is 88.8 cm³/mol. The normalized spacial score (nSPS) is 59.3. The molecule has 0 aromatic carbocycles. The molecule has 24 heavy (non-hydrogen) atoms. The zero-order valence-electron chi connectivity index (χ0n) is 14.3. The van der Waals surface area contributed by atoms with Gasteiger partial charge in [-0.05, 0) is 65.9 Å². The van der Waals surface area contributed by atoms with Gasteiger partial charge in [-0.2, -0.15) is 0 Å². The average Bonchev–Trinajstić information content (AvgIpc) is 2.72. The maximum absolute atomic E-state index is 14.4. The summed E-state index contributed by atoms with van der Waals surface area (Å²) in [7, 11) is 0. The van der Waals surface area contributed by atoms with Gasteiger partial charge in [-0.3, -0.25) is 0 Å². The highest BCUT2D eigenvalue weighted by Gasteiger charge is 2.65. The highest BCUT2D eigenvalue weighted by atomic mass is 19.1. The Bertz CT molecular complexity index is 607. The molecule has 4 rings (SSSR count). The molecule has 0 spiro atoms. The molecule has 0 aliphatic heterocycles. The summed E-state index contributed by atoms with van der Waals surface area (Å²) >= 11 is 0. The number of nitrogens with two attached hydrogens (primary N) is 1. The third-order valence-electron chi connectivity index (χ3n) is 7.86. The van der Waals surface area contributed by atoms with E-state index >= 15 is 0 Å². The molecule has 0 amide bonds. The number of halogens is 1. The lowest BCUT2D eigenvalue weighted by Gasteiger charge is -2.61. The molecule has 3 saturated carbocycles. The highest BCUT2D eigenvalue weighted by molar-refractivity contribution is 5.29. The molecule has 4 aliphatic carbocycles. The van der Waals surface area contributed by atoms with Crippen molar-refractivity contribution in [3.05, 3.63) is 24.0 Å². The lowest BCUT2D eigenvalue weighted by atomic mass is 9.45. The van der Waals surface area contributed by atoms with Crippen LogP contribution in [0.1, 0.15) is 33.1 Å².